The molecular formula is C21H25BN2O4S. The molecule has 1 heterocycles. The Kier molecular flexibility index (Phi) is 5.67. The van der Waals surface area contributed by atoms with E-state index in [1.165, 1.54) is 0 Å². The van der Waals surface area contributed by atoms with Gasteiger partial charge in [0.05, 0.1) is 4.90 Å². The zero-order valence-corrected chi connectivity index (χ0v) is 18.0. The van der Waals surface area contributed by atoms with Crippen LogP contribution in [0.25, 0.3) is 0 Å². The van der Waals surface area contributed by atoms with Gasteiger partial charge in [-0.15, -0.1) is 0 Å². The Bertz CT molecular complexity index is 1050. The largest absolute Gasteiger partial charge is 0.444 e. The first-order valence-corrected chi connectivity index (χ1v) is 10.9. The summed E-state index contributed by atoms with van der Waals surface area (Å²) in [6, 6.07) is 10.2. The summed E-state index contributed by atoms with van der Waals surface area (Å²) < 4.78 is 33.6. The number of carbonyl (C=O) groups excluding carboxylic acids is 1. The first-order chi connectivity index (χ1) is 13.4. The summed E-state index contributed by atoms with van der Waals surface area (Å²) in [5.74, 6) is 0. The molecule has 1 aliphatic rings. The van der Waals surface area contributed by atoms with Crippen molar-refractivity contribution in [3.05, 3.63) is 53.1 Å². The first-order valence-electron chi connectivity index (χ1n) is 9.43. The number of ether oxygens (including phenoxy) is 1. The minimum atomic E-state index is -3.80. The lowest BCUT2D eigenvalue weighted by Gasteiger charge is -2.31. The van der Waals surface area contributed by atoms with Crippen LogP contribution < -0.4 is 10.2 Å². The summed E-state index contributed by atoms with van der Waals surface area (Å²) in [6.07, 6.45) is 0.277. The predicted molar refractivity (Wildman–Crippen MR) is 114 cm³/mol. The SMILES string of the molecule is [B]c1ccc(C)cc1S(=O)(=O)Nc1ccc2c(c1)CCN(C(=O)OC(C)(C)C)C2. The molecule has 6 nitrogen and oxygen atoms in total. The maximum absolute atomic E-state index is 12.8. The lowest BCUT2D eigenvalue weighted by Crippen LogP contribution is -2.39. The van der Waals surface area contributed by atoms with Crippen LogP contribution in [0.4, 0.5) is 10.5 Å². The lowest BCUT2D eigenvalue weighted by molar-refractivity contribution is 0.0224. The van der Waals surface area contributed by atoms with Crippen molar-refractivity contribution in [2.75, 3.05) is 11.3 Å². The van der Waals surface area contributed by atoms with E-state index in [1.54, 1.807) is 29.2 Å². The van der Waals surface area contributed by atoms with Crippen molar-refractivity contribution in [3.63, 3.8) is 0 Å². The van der Waals surface area contributed by atoms with Crippen LogP contribution in [0.2, 0.25) is 0 Å². The summed E-state index contributed by atoms with van der Waals surface area (Å²) in [6.45, 7) is 8.27. The summed E-state index contributed by atoms with van der Waals surface area (Å²) in [7, 11) is 2.06. The summed E-state index contributed by atoms with van der Waals surface area (Å²) in [5.41, 5.74) is 2.91. The molecule has 0 unspecified atom stereocenters. The number of hydrogen-bond donors (Lipinski definition) is 1. The fourth-order valence-electron chi connectivity index (χ4n) is 3.18. The molecule has 0 saturated carbocycles. The standard InChI is InChI=1S/C21H25BN2O4S/c1-14-5-8-18(22)19(11-14)29(26,27)23-17-7-6-16-13-24(10-9-15(16)12-17)20(25)28-21(2,3)4/h5-8,11-12,23H,9-10,13H2,1-4H3. The molecule has 0 aliphatic carbocycles. The van der Waals surface area contributed by atoms with Gasteiger partial charge in [-0.2, -0.15) is 0 Å². The van der Waals surface area contributed by atoms with Crippen LogP contribution in [-0.4, -0.2) is 39.4 Å². The van der Waals surface area contributed by atoms with E-state index in [4.69, 9.17) is 12.6 Å². The van der Waals surface area contributed by atoms with E-state index >= 15 is 0 Å². The molecule has 0 fully saturated rings. The number of fused-ring (bicyclic) bond motifs is 1. The molecule has 3 rings (SSSR count). The third kappa shape index (κ3) is 5.12. The quantitative estimate of drug-likeness (QED) is 0.787. The Labute approximate surface area is 173 Å². The summed E-state index contributed by atoms with van der Waals surface area (Å²) >= 11 is 0. The van der Waals surface area contributed by atoms with Gasteiger partial charge < -0.3 is 9.64 Å². The molecule has 0 bridgehead atoms. The number of carbonyl (C=O) groups is 1. The molecule has 0 atom stereocenters. The van der Waals surface area contributed by atoms with Crippen LogP contribution in [0, 0.1) is 6.92 Å². The Morgan fingerprint density at radius 3 is 2.55 bits per heavy atom. The number of aryl methyl sites for hydroxylation is 1. The van der Waals surface area contributed by atoms with Crippen LogP contribution in [0.1, 0.15) is 37.5 Å². The van der Waals surface area contributed by atoms with Gasteiger partial charge in [-0.05, 0) is 69.0 Å². The maximum Gasteiger partial charge on any atom is 0.410 e. The van der Waals surface area contributed by atoms with Gasteiger partial charge in [0.25, 0.3) is 10.0 Å². The van der Waals surface area contributed by atoms with E-state index in [9.17, 15) is 13.2 Å². The molecule has 8 heteroatoms. The van der Waals surface area contributed by atoms with Crippen molar-refractivity contribution in [2.45, 2.75) is 51.2 Å². The smallest absolute Gasteiger partial charge is 0.410 e. The number of benzene rings is 2. The number of anilines is 1. The molecule has 29 heavy (non-hydrogen) atoms. The third-order valence-electron chi connectivity index (χ3n) is 4.58. The number of rotatable bonds is 3. The predicted octanol–water partition coefficient (Wildman–Crippen LogP) is 2.88. The summed E-state index contributed by atoms with van der Waals surface area (Å²) in [5, 5.41) is 0. The number of sulfonamides is 1. The molecule has 152 valence electrons. The van der Waals surface area contributed by atoms with Gasteiger partial charge in [-0.1, -0.05) is 23.7 Å². The monoisotopic (exact) mass is 412 g/mol. The Morgan fingerprint density at radius 1 is 1.14 bits per heavy atom. The van der Waals surface area contributed by atoms with Gasteiger partial charge in [-0.3, -0.25) is 4.72 Å². The van der Waals surface area contributed by atoms with Gasteiger partial charge >= 0.3 is 6.09 Å². The van der Waals surface area contributed by atoms with Crippen molar-refractivity contribution in [3.8, 4) is 0 Å². The highest BCUT2D eigenvalue weighted by Gasteiger charge is 2.26. The second kappa shape index (κ2) is 7.74. The molecule has 0 saturated heterocycles. The van der Waals surface area contributed by atoms with Crippen molar-refractivity contribution in [2.24, 2.45) is 0 Å². The number of hydrogen-bond acceptors (Lipinski definition) is 4. The highest BCUT2D eigenvalue weighted by molar-refractivity contribution is 7.93. The average molecular weight is 412 g/mol. The molecule has 1 aliphatic heterocycles. The second-order valence-corrected chi connectivity index (χ2v) is 9.93. The van der Waals surface area contributed by atoms with E-state index < -0.39 is 15.6 Å². The van der Waals surface area contributed by atoms with Crippen LogP contribution in [0.5, 0.6) is 0 Å². The molecule has 0 aromatic heterocycles. The normalized spacial score (nSPS) is 14.3. The van der Waals surface area contributed by atoms with E-state index in [2.05, 4.69) is 4.72 Å². The number of nitrogens with one attached hydrogen (secondary N) is 1. The Morgan fingerprint density at radius 2 is 1.86 bits per heavy atom. The van der Waals surface area contributed by atoms with Crippen molar-refractivity contribution < 1.29 is 17.9 Å². The highest BCUT2D eigenvalue weighted by Crippen LogP contribution is 2.25. The zero-order chi connectivity index (χ0) is 21.4. The van der Waals surface area contributed by atoms with Crippen molar-refractivity contribution in [1.82, 2.24) is 4.90 Å². The molecule has 2 radical (unpaired) electrons. The molecule has 1 N–H and O–H groups in total. The van der Waals surface area contributed by atoms with E-state index in [0.29, 0.717) is 25.2 Å². The molecule has 0 spiro atoms. The molecule has 1 amide bonds. The minimum Gasteiger partial charge on any atom is -0.444 e. The van der Waals surface area contributed by atoms with Gasteiger partial charge in [0.1, 0.15) is 13.4 Å². The van der Waals surface area contributed by atoms with Crippen molar-refractivity contribution >= 4 is 35.1 Å². The van der Waals surface area contributed by atoms with Crippen molar-refractivity contribution in [1.29, 1.82) is 0 Å². The molecular weight excluding hydrogens is 387 g/mol. The topological polar surface area (TPSA) is 75.7 Å². The molecule has 2 aromatic rings. The third-order valence-corrected chi connectivity index (χ3v) is 6.02. The zero-order valence-electron chi connectivity index (χ0n) is 17.2. The highest BCUT2D eigenvalue weighted by atomic mass is 32.2. The number of amides is 1. The fraction of sp³-hybridized carbons (Fsp3) is 0.381. The van der Waals surface area contributed by atoms with Gasteiger partial charge in [0, 0.05) is 18.8 Å². The maximum atomic E-state index is 12.8. The van der Waals surface area contributed by atoms with Gasteiger partial charge in [0.2, 0.25) is 0 Å². The van der Waals surface area contributed by atoms with E-state index in [1.807, 2.05) is 39.8 Å². The fourth-order valence-corrected chi connectivity index (χ4v) is 4.45. The second-order valence-electron chi connectivity index (χ2n) is 8.28. The minimum absolute atomic E-state index is 0.0614. The van der Waals surface area contributed by atoms with E-state index in [0.717, 1.165) is 16.7 Å². The molecule has 2 aromatic carbocycles. The Balaban J connectivity index is 1.77. The first kappa shape index (κ1) is 21.2. The van der Waals surface area contributed by atoms with Gasteiger partial charge in [0.15, 0.2) is 0 Å². The van der Waals surface area contributed by atoms with Crippen LogP contribution in [0.15, 0.2) is 41.3 Å². The van der Waals surface area contributed by atoms with Crippen LogP contribution in [0.3, 0.4) is 0 Å². The van der Waals surface area contributed by atoms with E-state index in [-0.39, 0.29) is 16.5 Å². The number of nitrogens with zero attached hydrogens (tertiary/aromatic N) is 1. The summed E-state index contributed by atoms with van der Waals surface area (Å²) in [4.78, 5) is 14.0. The van der Waals surface area contributed by atoms with Crippen LogP contribution in [-0.2, 0) is 27.7 Å². The van der Waals surface area contributed by atoms with Gasteiger partial charge in [-0.25, -0.2) is 13.2 Å². The van der Waals surface area contributed by atoms with Crippen LogP contribution >= 0.6 is 0 Å². The average Bonchev–Trinajstić information content (AvgIpc) is 2.61. The lowest BCUT2D eigenvalue weighted by atomic mass is 9.95. The Hall–Kier alpha value is -2.48.